The monoisotopic (exact) mass is 420 g/mol. The minimum atomic E-state index is -0.304. The summed E-state index contributed by atoms with van der Waals surface area (Å²) in [5, 5.41) is 8.66. The average Bonchev–Trinajstić information content (AvgIpc) is 3.01. The zero-order chi connectivity index (χ0) is 19.7. The minimum Gasteiger partial charge on any atom is -0.321 e. The maximum atomic E-state index is 12.7. The Morgan fingerprint density at radius 2 is 1.93 bits per heavy atom. The van der Waals surface area contributed by atoms with Crippen LogP contribution < -0.4 is 10.7 Å². The Bertz CT molecular complexity index is 1070. The lowest BCUT2D eigenvalue weighted by molar-refractivity contribution is 0.102. The Hall–Kier alpha value is -2.15. The van der Waals surface area contributed by atoms with Crippen molar-refractivity contribution in [3.63, 3.8) is 0 Å². The van der Waals surface area contributed by atoms with E-state index in [1.54, 1.807) is 18.2 Å². The standard InChI is InChI=1S/C19H18Cl2N4OS/c1-9(2)24-25-19-22-15-7-10(3)16(11(4)17(15)27-19)23-18(26)13-8-12(20)5-6-14(13)21/h5-8H,1-4H3,(H,22,25)(H,23,26). The first-order valence-corrected chi connectivity index (χ1v) is 9.77. The van der Waals surface area contributed by atoms with E-state index in [0.29, 0.717) is 20.7 Å². The van der Waals surface area contributed by atoms with E-state index in [-0.39, 0.29) is 5.91 Å². The molecule has 0 unspecified atom stereocenters. The number of carbonyl (C=O) groups excluding carboxylic acids is 1. The number of nitrogens with one attached hydrogen (secondary N) is 2. The molecule has 0 saturated heterocycles. The van der Waals surface area contributed by atoms with E-state index in [1.165, 1.54) is 11.3 Å². The molecule has 0 radical (unpaired) electrons. The summed E-state index contributed by atoms with van der Waals surface area (Å²) in [6.45, 7) is 7.71. The van der Waals surface area contributed by atoms with Gasteiger partial charge in [-0.1, -0.05) is 34.5 Å². The van der Waals surface area contributed by atoms with Crippen LogP contribution in [0.4, 0.5) is 10.8 Å². The van der Waals surface area contributed by atoms with Crippen LogP contribution in [0.25, 0.3) is 10.2 Å². The Labute approximate surface area is 171 Å². The number of aromatic nitrogens is 1. The summed E-state index contributed by atoms with van der Waals surface area (Å²) >= 11 is 13.6. The third-order valence-electron chi connectivity index (χ3n) is 3.90. The smallest absolute Gasteiger partial charge is 0.257 e. The number of amides is 1. The van der Waals surface area contributed by atoms with E-state index >= 15 is 0 Å². The third kappa shape index (κ3) is 4.24. The van der Waals surface area contributed by atoms with Crippen LogP contribution in [0.5, 0.6) is 0 Å². The van der Waals surface area contributed by atoms with Gasteiger partial charge >= 0.3 is 0 Å². The molecule has 0 atom stereocenters. The summed E-state index contributed by atoms with van der Waals surface area (Å²) in [4.78, 5) is 17.3. The van der Waals surface area contributed by atoms with Crippen LogP contribution in [0.3, 0.4) is 0 Å². The van der Waals surface area contributed by atoms with Crippen molar-refractivity contribution in [3.8, 4) is 0 Å². The van der Waals surface area contributed by atoms with Crippen LogP contribution in [0.1, 0.15) is 35.3 Å². The van der Waals surface area contributed by atoms with Crippen LogP contribution in [-0.4, -0.2) is 16.6 Å². The van der Waals surface area contributed by atoms with E-state index in [9.17, 15) is 4.79 Å². The molecule has 27 heavy (non-hydrogen) atoms. The van der Waals surface area contributed by atoms with E-state index < -0.39 is 0 Å². The number of benzene rings is 2. The van der Waals surface area contributed by atoms with Crippen LogP contribution in [-0.2, 0) is 0 Å². The number of fused-ring (bicyclic) bond motifs is 1. The van der Waals surface area contributed by atoms with E-state index in [0.717, 1.165) is 32.7 Å². The molecule has 0 spiro atoms. The molecule has 1 amide bonds. The number of aryl methyl sites for hydroxylation is 2. The Balaban J connectivity index is 1.98. The summed E-state index contributed by atoms with van der Waals surface area (Å²) in [5.74, 6) is -0.304. The predicted molar refractivity (Wildman–Crippen MR) is 116 cm³/mol. The summed E-state index contributed by atoms with van der Waals surface area (Å²) < 4.78 is 0.986. The summed E-state index contributed by atoms with van der Waals surface area (Å²) in [7, 11) is 0. The summed E-state index contributed by atoms with van der Waals surface area (Å²) in [5.41, 5.74) is 7.67. The molecule has 140 valence electrons. The van der Waals surface area contributed by atoms with Gasteiger partial charge < -0.3 is 5.32 Å². The summed E-state index contributed by atoms with van der Waals surface area (Å²) in [6.07, 6.45) is 0. The lowest BCUT2D eigenvalue weighted by Gasteiger charge is -2.13. The van der Waals surface area contributed by atoms with E-state index in [1.807, 2.05) is 33.8 Å². The van der Waals surface area contributed by atoms with Crippen LogP contribution in [0, 0.1) is 13.8 Å². The van der Waals surface area contributed by atoms with Gasteiger partial charge in [-0.3, -0.25) is 10.2 Å². The number of halogens is 2. The van der Waals surface area contributed by atoms with Crippen molar-refractivity contribution in [3.05, 3.63) is 51.0 Å². The van der Waals surface area contributed by atoms with Crippen molar-refractivity contribution in [2.45, 2.75) is 27.7 Å². The van der Waals surface area contributed by atoms with Gasteiger partial charge in [-0.2, -0.15) is 5.10 Å². The molecular weight excluding hydrogens is 403 g/mol. The van der Waals surface area contributed by atoms with Gasteiger partial charge in [-0.15, -0.1) is 0 Å². The average molecular weight is 421 g/mol. The second-order valence-corrected chi connectivity index (χ2v) is 8.15. The quantitative estimate of drug-likeness (QED) is 0.385. The zero-order valence-electron chi connectivity index (χ0n) is 15.3. The molecule has 0 aliphatic carbocycles. The second-order valence-electron chi connectivity index (χ2n) is 6.31. The molecule has 3 rings (SSSR count). The largest absolute Gasteiger partial charge is 0.321 e. The zero-order valence-corrected chi connectivity index (χ0v) is 17.6. The number of hydrogen-bond donors (Lipinski definition) is 2. The maximum absolute atomic E-state index is 12.7. The van der Waals surface area contributed by atoms with E-state index in [4.69, 9.17) is 23.2 Å². The number of carbonyl (C=O) groups is 1. The fourth-order valence-corrected chi connectivity index (χ4v) is 3.91. The van der Waals surface area contributed by atoms with Crippen LogP contribution in [0.2, 0.25) is 10.0 Å². The first-order chi connectivity index (χ1) is 12.8. The van der Waals surface area contributed by atoms with E-state index in [2.05, 4.69) is 20.8 Å². The van der Waals surface area contributed by atoms with Crippen molar-refractivity contribution in [1.82, 2.24) is 4.98 Å². The minimum absolute atomic E-state index is 0.304. The van der Waals surface area contributed by atoms with Crippen molar-refractivity contribution < 1.29 is 4.79 Å². The molecule has 0 aliphatic rings. The highest BCUT2D eigenvalue weighted by atomic mass is 35.5. The van der Waals surface area contributed by atoms with Gasteiger partial charge in [-0.25, -0.2) is 4.98 Å². The van der Waals surface area contributed by atoms with Gasteiger partial charge in [0.05, 0.1) is 20.8 Å². The first kappa shape index (κ1) is 19.6. The number of hydrogen-bond acceptors (Lipinski definition) is 5. The molecule has 0 aliphatic heterocycles. The first-order valence-electron chi connectivity index (χ1n) is 8.20. The second kappa shape index (κ2) is 7.84. The Morgan fingerprint density at radius 1 is 1.19 bits per heavy atom. The van der Waals surface area contributed by atoms with Crippen molar-refractivity contribution in [1.29, 1.82) is 0 Å². The highest BCUT2D eigenvalue weighted by Crippen LogP contribution is 2.35. The maximum Gasteiger partial charge on any atom is 0.257 e. The molecule has 1 heterocycles. The molecule has 2 aromatic carbocycles. The molecule has 0 saturated carbocycles. The molecule has 1 aromatic heterocycles. The lowest BCUT2D eigenvalue weighted by Crippen LogP contribution is -2.14. The van der Waals surface area contributed by atoms with Gasteiger partial charge in [0.2, 0.25) is 5.13 Å². The molecule has 8 heteroatoms. The van der Waals surface area contributed by atoms with Gasteiger partial charge in [0.25, 0.3) is 5.91 Å². The van der Waals surface area contributed by atoms with Gasteiger partial charge in [0.15, 0.2) is 0 Å². The molecule has 5 nitrogen and oxygen atoms in total. The van der Waals surface area contributed by atoms with Crippen molar-refractivity contribution in [2.75, 3.05) is 10.7 Å². The number of thiazole rings is 1. The molecule has 0 fully saturated rings. The predicted octanol–water partition coefficient (Wildman–Crippen LogP) is 6.28. The normalized spacial score (nSPS) is 10.7. The SMILES string of the molecule is CC(C)=NNc1nc2cc(C)c(NC(=O)c3cc(Cl)ccc3Cl)c(C)c2s1. The number of hydrazone groups is 1. The van der Waals surface area contributed by atoms with Crippen LogP contribution in [0.15, 0.2) is 29.4 Å². The molecule has 0 bridgehead atoms. The topological polar surface area (TPSA) is 66.4 Å². The van der Waals surface area contributed by atoms with Gasteiger partial charge in [0, 0.05) is 16.4 Å². The fraction of sp³-hybridized carbons (Fsp3) is 0.211. The molecule has 2 N–H and O–H groups in total. The van der Waals surface area contributed by atoms with Gasteiger partial charge in [0.1, 0.15) is 0 Å². The Kier molecular flexibility index (Phi) is 5.69. The van der Waals surface area contributed by atoms with Crippen molar-refractivity contribution in [2.24, 2.45) is 5.10 Å². The number of rotatable bonds is 4. The molecule has 3 aromatic rings. The highest BCUT2D eigenvalue weighted by molar-refractivity contribution is 7.22. The van der Waals surface area contributed by atoms with Crippen molar-refractivity contribution >= 4 is 67.2 Å². The summed E-state index contributed by atoms with van der Waals surface area (Å²) in [6, 6.07) is 6.76. The number of nitrogens with zero attached hydrogens (tertiary/aromatic N) is 2. The lowest BCUT2D eigenvalue weighted by atomic mass is 10.1. The van der Waals surface area contributed by atoms with Gasteiger partial charge in [-0.05, 0) is 63.1 Å². The highest BCUT2D eigenvalue weighted by Gasteiger charge is 2.17. The van der Waals surface area contributed by atoms with Crippen LogP contribution >= 0.6 is 34.5 Å². The fourth-order valence-electron chi connectivity index (χ4n) is 2.64. The molecular formula is C19H18Cl2N4OS. The Morgan fingerprint density at radius 3 is 2.63 bits per heavy atom. The number of anilines is 2. The third-order valence-corrected chi connectivity index (χ3v) is 5.56.